The highest BCUT2D eigenvalue weighted by molar-refractivity contribution is 5.68. The van der Waals surface area contributed by atoms with Crippen LogP contribution >= 0.6 is 0 Å². The summed E-state index contributed by atoms with van der Waals surface area (Å²) in [6, 6.07) is 0.989. The molecule has 1 amide bonds. The number of likely N-dealkylation sites (tertiary alicyclic amines) is 1. The smallest absolute Gasteiger partial charge is 0.410 e. The van der Waals surface area contributed by atoms with Gasteiger partial charge in [-0.15, -0.1) is 0 Å². The van der Waals surface area contributed by atoms with Crippen molar-refractivity contribution in [2.24, 2.45) is 5.92 Å². The molecule has 122 valence electrons. The van der Waals surface area contributed by atoms with E-state index < -0.39 is 5.60 Å². The Hall–Kier alpha value is -0.770. The Labute approximate surface area is 129 Å². The molecule has 1 saturated carbocycles. The van der Waals surface area contributed by atoms with E-state index in [-0.39, 0.29) is 6.09 Å². The third kappa shape index (κ3) is 5.17. The van der Waals surface area contributed by atoms with Crippen LogP contribution in [0.15, 0.2) is 0 Å². The molecule has 4 heteroatoms. The maximum Gasteiger partial charge on any atom is 0.410 e. The fourth-order valence-electron chi connectivity index (χ4n) is 3.53. The number of hydrogen-bond acceptors (Lipinski definition) is 3. The first-order chi connectivity index (χ1) is 9.85. The molecule has 1 aliphatic carbocycles. The van der Waals surface area contributed by atoms with Crippen molar-refractivity contribution in [3.63, 3.8) is 0 Å². The van der Waals surface area contributed by atoms with Crippen LogP contribution in [0.25, 0.3) is 0 Å². The molecule has 0 aromatic carbocycles. The molecule has 0 radical (unpaired) electrons. The van der Waals surface area contributed by atoms with Crippen molar-refractivity contribution >= 4 is 6.09 Å². The van der Waals surface area contributed by atoms with Gasteiger partial charge < -0.3 is 15.0 Å². The van der Waals surface area contributed by atoms with Crippen molar-refractivity contribution in [1.29, 1.82) is 0 Å². The first-order valence-electron chi connectivity index (χ1n) is 8.59. The fourth-order valence-corrected chi connectivity index (χ4v) is 3.53. The summed E-state index contributed by atoms with van der Waals surface area (Å²) in [5.41, 5.74) is -0.405. The Morgan fingerprint density at radius 2 is 1.86 bits per heavy atom. The SMILES string of the molecule is CC(NC1CCN(C(=O)OC(C)(C)C)C1)C1CCCCC1. The summed E-state index contributed by atoms with van der Waals surface area (Å²) < 4.78 is 5.45. The van der Waals surface area contributed by atoms with Gasteiger partial charge in [0.2, 0.25) is 0 Å². The standard InChI is InChI=1S/C17H32N2O2/c1-13(14-8-6-5-7-9-14)18-15-10-11-19(12-15)16(20)21-17(2,3)4/h13-15,18H,5-12H2,1-4H3. The first kappa shape index (κ1) is 16.6. The Bertz CT molecular complexity index is 345. The zero-order chi connectivity index (χ0) is 15.5. The molecule has 0 aromatic rings. The van der Waals surface area contributed by atoms with Gasteiger partial charge in [0.05, 0.1) is 0 Å². The van der Waals surface area contributed by atoms with Gasteiger partial charge in [-0.2, -0.15) is 0 Å². The van der Waals surface area contributed by atoms with Crippen LogP contribution in [-0.4, -0.2) is 41.8 Å². The van der Waals surface area contributed by atoms with Crippen LogP contribution in [0.5, 0.6) is 0 Å². The molecule has 2 atom stereocenters. The molecule has 1 heterocycles. The Kier molecular flexibility index (Phi) is 5.53. The maximum absolute atomic E-state index is 12.1. The van der Waals surface area contributed by atoms with E-state index >= 15 is 0 Å². The Balaban J connectivity index is 1.75. The van der Waals surface area contributed by atoms with Crippen LogP contribution in [0.4, 0.5) is 4.79 Å². The minimum atomic E-state index is -0.405. The van der Waals surface area contributed by atoms with Gasteiger partial charge in [-0.05, 0) is 52.9 Å². The van der Waals surface area contributed by atoms with Crippen molar-refractivity contribution in [3.8, 4) is 0 Å². The zero-order valence-electron chi connectivity index (χ0n) is 14.2. The number of nitrogens with one attached hydrogen (secondary N) is 1. The van der Waals surface area contributed by atoms with Gasteiger partial charge in [-0.3, -0.25) is 0 Å². The van der Waals surface area contributed by atoms with Gasteiger partial charge in [0, 0.05) is 25.2 Å². The highest BCUT2D eigenvalue weighted by atomic mass is 16.6. The summed E-state index contributed by atoms with van der Waals surface area (Å²) in [6.45, 7) is 9.66. The summed E-state index contributed by atoms with van der Waals surface area (Å²) >= 11 is 0. The van der Waals surface area contributed by atoms with E-state index in [1.165, 1.54) is 32.1 Å². The second-order valence-corrected chi connectivity index (χ2v) is 7.77. The van der Waals surface area contributed by atoms with Crippen LogP contribution < -0.4 is 5.32 Å². The predicted octanol–water partition coefficient (Wildman–Crippen LogP) is 3.55. The van der Waals surface area contributed by atoms with E-state index in [4.69, 9.17) is 4.74 Å². The second-order valence-electron chi connectivity index (χ2n) is 7.77. The molecule has 0 aromatic heterocycles. The number of hydrogen-bond donors (Lipinski definition) is 1. The maximum atomic E-state index is 12.1. The van der Waals surface area contributed by atoms with Gasteiger partial charge in [0.15, 0.2) is 0 Å². The van der Waals surface area contributed by atoms with Gasteiger partial charge >= 0.3 is 6.09 Å². The molecule has 21 heavy (non-hydrogen) atoms. The molecule has 0 spiro atoms. The third-order valence-electron chi connectivity index (χ3n) is 4.70. The van der Waals surface area contributed by atoms with Crippen LogP contribution in [0.1, 0.15) is 66.2 Å². The van der Waals surface area contributed by atoms with E-state index in [9.17, 15) is 4.79 Å². The number of nitrogens with zero attached hydrogens (tertiary/aromatic N) is 1. The van der Waals surface area contributed by atoms with Crippen molar-refractivity contribution < 1.29 is 9.53 Å². The second kappa shape index (κ2) is 6.99. The summed E-state index contributed by atoms with van der Waals surface area (Å²) in [6.07, 6.45) is 7.75. The minimum absolute atomic E-state index is 0.169. The minimum Gasteiger partial charge on any atom is -0.444 e. The summed E-state index contributed by atoms with van der Waals surface area (Å²) in [5.74, 6) is 0.814. The molecule has 0 bridgehead atoms. The summed E-state index contributed by atoms with van der Waals surface area (Å²) in [4.78, 5) is 13.9. The average Bonchev–Trinajstić information content (AvgIpc) is 2.86. The van der Waals surface area contributed by atoms with Crippen LogP contribution in [0.3, 0.4) is 0 Å². The van der Waals surface area contributed by atoms with Crippen molar-refractivity contribution in [2.45, 2.75) is 83.9 Å². The number of carbonyl (C=O) groups excluding carboxylic acids is 1. The molecule has 2 fully saturated rings. The largest absolute Gasteiger partial charge is 0.444 e. The molecule has 2 aliphatic rings. The van der Waals surface area contributed by atoms with Gasteiger partial charge in [-0.1, -0.05) is 19.3 Å². The first-order valence-corrected chi connectivity index (χ1v) is 8.59. The highest BCUT2D eigenvalue weighted by Gasteiger charge is 2.31. The number of amides is 1. The molecule has 1 saturated heterocycles. The lowest BCUT2D eigenvalue weighted by molar-refractivity contribution is 0.0290. The predicted molar refractivity (Wildman–Crippen MR) is 85.4 cm³/mol. The normalized spacial score (nSPS) is 25.9. The van der Waals surface area contributed by atoms with E-state index in [1.54, 1.807) is 0 Å². The van der Waals surface area contributed by atoms with Crippen molar-refractivity contribution in [3.05, 3.63) is 0 Å². The van der Waals surface area contributed by atoms with Crippen LogP contribution in [0.2, 0.25) is 0 Å². The van der Waals surface area contributed by atoms with E-state index in [0.29, 0.717) is 12.1 Å². The molecule has 1 aliphatic heterocycles. The van der Waals surface area contributed by atoms with Crippen molar-refractivity contribution in [1.82, 2.24) is 10.2 Å². The molecule has 4 nitrogen and oxygen atoms in total. The van der Waals surface area contributed by atoms with Gasteiger partial charge in [-0.25, -0.2) is 4.79 Å². The van der Waals surface area contributed by atoms with E-state index in [1.807, 2.05) is 25.7 Å². The molecular formula is C17H32N2O2. The quantitative estimate of drug-likeness (QED) is 0.866. The molecule has 1 N–H and O–H groups in total. The van der Waals surface area contributed by atoms with Gasteiger partial charge in [0.25, 0.3) is 0 Å². The van der Waals surface area contributed by atoms with E-state index in [2.05, 4.69) is 12.2 Å². The summed E-state index contributed by atoms with van der Waals surface area (Å²) in [7, 11) is 0. The monoisotopic (exact) mass is 296 g/mol. The number of rotatable bonds is 3. The van der Waals surface area contributed by atoms with Crippen LogP contribution in [0, 0.1) is 5.92 Å². The Morgan fingerprint density at radius 3 is 2.48 bits per heavy atom. The van der Waals surface area contributed by atoms with Crippen LogP contribution in [-0.2, 0) is 4.74 Å². The zero-order valence-corrected chi connectivity index (χ0v) is 14.2. The highest BCUT2D eigenvalue weighted by Crippen LogP contribution is 2.27. The Morgan fingerprint density at radius 1 is 1.19 bits per heavy atom. The average molecular weight is 296 g/mol. The van der Waals surface area contributed by atoms with E-state index in [0.717, 1.165) is 25.4 Å². The molecule has 2 rings (SSSR count). The summed E-state index contributed by atoms with van der Waals surface area (Å²) in [5, 5.41) is 3.75. The topological polar surface area (TPSA) is 41.6 Å². The lowest BCUT2D eigenvalue weighted by Gasteiger charge is -2.30. The molecule has 2 unspecified atom stereocenters. The number of carbonyl (C=O) groups is 1. The fraction of sp³-hybridized carbons (Fsp3) is 0.941. The lowest BCUT2D eigenvalue weighted by atomic mass is 9.84. The lowest BCUT2D eigenvalue weighted by Crippen LogP contribution is -2.44. The van der Waals surface area contributed by atoms with Gasteiger partial charge in [0.1, 0.15) is 5.60 Å². The third-order valence-corrected chi connectivity index (χ3v) is 4.70. The molecular weight excluding hydrogens is 264 g/mol. The van der Waals surface area contributed by atoms with Crippen molar-refractivity contribution in [2.75, 3.05) is 13.1 Å². The number of ether oxygens (including phenoxy) is 1.